The highest BCUT2D eigenvalue weighted by molar-refractivity contribution is 5.86. The summed E-state index contributed by atoms with van der Waals surface area (Å²) in [5.74, 6) is -1.22. The SMILES string of the molecule is CCc1cc(=O)oc2c(C)c(OCC(=O)N3CCC[C@@H]3C(=O)[O-])ccc12. The van der Waals surface area contributed by atoms with Crippen LogP contribution < -0.4 is 15.5 Å². The minimum atomic E-state index is -1.24. The highest BCUT2D eigenvalue weighted by atomic mass is 16.5. The second kappa shape index (κ2) is 7.19. The Morgan fingerprint density at radius 1 is 1.38 bits per heavy atom. The number of aliphatic carboxylic acids is 1. The largest absolute Gasteiger partial charge is 0.548 e. The third kappa shape index (κ3) is 3.29. The number of fused-ring (bicyclic) bond motifs is 1. The molecule has 1 aliphatic rings. The van der Waals surface area contributed by atoms with Crippen molar-refractivity contribution in [1.82, 2.24) is 4.90 Å². The molecule has 1 aromatic carbocycles. The van der Waals surface area contributed by atoms with Gasteiger partial charge in [-0.3, -0.25) is 4.79 Å². The number of benzene rings is 1. The topological polar surface area (TPSA) is 99.9 Å². The number of ether oxygens (including phenoxy) is 1. The average Bonchev–Trinajstić information content (AvgIpc) is 3.11. The van der Waals surface area contributed by atoms with Gasteiger partial charge < -0.3 is 24.0 Å². The van der Waals surface area contributed by atoms with Crippen LogP contribution in [0, 0.1) is 6.92 Å². The molecule has 0 N–H and O–H groups in total. The summed E-state index contributed by atoms with van der Waals surface area (Å²) in [6.07, 6.45) is 1.72. The molecule has 1 aromatic heterocycles. The molecular formula is C19H20NO6-. The van der Waals surface area contributed by atoms with Crippen LogP contribution >= 0.6 is 0 Å². The zero-order valence-electron chi connectivity index (χ0n) is 14.7. The van der Waals surface area contributed by atoms with Crippen molar-refractivity contribution in [2.24, 2.45) is 0 Å². The molecule has 1 fully saturated rings. The van der Waals surface area contributed by atoms with Crippen molar-refractivity contribution in [2.75, 3.05) is 13.2 Å². The number of amides is 1. The lowest BCUT2D eigenvalue weighted by Gasteiger charge is -2.25. The molecule has 0 aliphatic carbocycles. The van der Waals surface area contributed by atoms with E-state index in [0.29, 0.717) is 42.7 Å². The van der Waals surface area contributed by atoms with Crippen molar-refractivity contribution in [3.63, 3.8) is 0 Å². The van der Waals surface area contributed by atoms with Crippen molar-refractivity contribution in [1.29, 1.82) is 0 Å². The second-order valence-electron chi connectivity index (χ2n) is 6.36. The zero-order chi connectivity index (χ0) is 18.8. The number of aryl methyl sites for hydroxylation is 2. The van der Waals surface area contributed by atoms with Crippen molar-refractivity contribution in [2.45, 2.75) is 39.2 Å². The van der Waals surface area contributed by atoms with E-state index in [0.717, 1.165) is 10.9 Å². The maximum absolute atomic E-state index is 12.3. The van der Waals surface area contributed by atoms with Crippen LogP contribution in [-0.4, -0.2) is 36.0 Å². The van der Waals surface area contributed by atoms with Gasteiger partial charge in [0.1, 0.15) is 11.3 Å². The van der Waals surface area contributed by atoms with Gasteiger partial charge in [-0.15, -0.1) is 0 Å². The van der Waals surface area contributed by atoms with Crippen LogP contribution in [0.2, 0.25) is 0 Å². The number of hydrogen-bond donors (Lipinski definition) is 0. The van der Waals surface area contributed by atoms with Gasteiger partial charge in [-0.05, 0) is 43.9 Å². The van der Waals surface area contributed by atoms with E-state index in [1.54, 1.807) is 19.1 Å². The van der Waals surface area contributed by atoms with Crippen LogP contribution in [0.15, 0.2) is 27.4 Å². The number of carbonyl (C=O) groups excluding carboxylic acids is 2. The first-order valence-electron chi connectivity index (χ1n) is 8.61. The second-order valence-corrected chi connectivity index (χ2v) is 6.36. The molecule has 26 heavy (non-hydrogen) atoms. The standard InChI is InChI=1S/C19H21NO6/c1-3-12-9-17(22)26-18-11(2)15(7-6-13(12)18)25-10-16(21)20-8-4-5-14(20)19(23)24/h6-7,9,14H,3-5,8,10H2,1-2H3,(H,23,24)/p-1/t14-/m1/s1. The highest BCUT2D eigenvalue weighted by Gasteiger charge is 2.29. The molecule has 1 amide bonds. The van der Waals surface area contributed by atoms with Gasteiger partial charge in [-0.25, -0.2) is 4.79 Å². The summed E-state index contributed by atoms with van der Waals surface area (Å²) < 4.78 is 10.9. The molecule has 7 nitrogen and oxygen atoms in total. The fourth-order valence-electron chi connectivity index (χ4n) is 3.39. The fraction of sp³-hybridized carbons (Fsp3) is 0.421. The molecule has 1 atom stereocenters. The third-order valence-electron chi connectivity index (χ3n) is 4.77. The van der Waals surface area contributed by atoms with Crippen LogP contribution in [0.4, 0.5) is 0 Å². The van der Waals surface area contributed by atoms with Crippen LogP contribution in [0.3, 0.4) is 0 Å². The molecule has 0 bridgehead atoms. The third-order valence-corrected chi connectivity index (χ3v) is 4.77. The Labute approximate surface area is 150 Å². The van der Waals surface area contributed by atoms with Crippen molar-refractivity contribution in [3.05, 3.63) is 39.7 Å². The van der Waals surface area contributed by atoms with Gasteiger partial charge in [-0.1, -0.05) is 6.92 Å². The van der Waals surface area contributed by atoms with E-state index in [9.17, 15) is 19.5 Å². The Morgan fingerprint density at radius 2 is 2.15 bits per heavy atom. The summed E-state index contributed by atoms with van der Waals surface area (Å²) in [5, 5.41) is 11.9. The number of carbonyl (C=O) groups is 2. The minimum absolute atomic E-state index is 0.284. The van der Waals surface area contributed by atoms with Crippen LogP contribution in [-0.2, 0) is 16.0 Å². The first kappa shape index (κ1) is 18.0. The maximum Gasteiger partial charge on any atom is 0.336 e. The molecule has 2 aromatic rings. The normalized spacial score (nSPS) is 16.8. The van der Waals surface area contributed by atoms with E-state index in [2.05, 4.69) is 0 Å². The summed E-state index contributed by atoms with van der Waals surface area (Å²) in [4.78, 5) is 36.4. The smallest absolute Gasteiger partial charge is 0.336 e. The molecule has 7 heteroatoms. The molecule has 0 spiro atoms. The van der Waals surface area contributed by atoms with E-state index in [4.69, 9.17) is 9.15 Å². The molecule has 2 heterocycles. The van der Waals surface area contributed by atoms with Crippen molar-refractivity contribution < 1.29 is 23.8 Å². The number of hydrogen-bond acceptors (Lipinski definition) is 6. The summed E-state index contributed by atoms with van der Waals surface area (Å²) in [5.41, 5.74) is 1.52. The lowest BCUT2D eigenvalue weighted by Crippen LogP contribution is -2.48. The van der Waals surface area contributed by atoms with E-state index >= 15 is 0 Å². The predicted octanol–water partition coefficient (Wildman–Crippen LogP) is 0.784. The molecule has 1 aliphatic heterocycles. The molecular weight excluding hydrogens is 338 g/mol. The van der Waals surface area contributed by atoms with Crippen LogP contribution in [0.1, 0.15) is 30.9 Å². The number of carboxylic acid groups (broad SMARTS) is 1. The number of likely N-dealkylation sites (tertiary alicyclic amines) is 1. The average molecular weight is 358 g/mol. The Balaban J connectivity index is 1.81. The monoisotopic (exact) mass is 358 g/mol. The molecule has 1 saturated heterocycles. The molecule has 3 rings (SSSR count). The number of carboxylic acids is 1. The summed E-state index contributed by atoms with van der Waals surface area (Å²) >= 11 is 0. The van der Waals surface area contributed by atoms with E-state index in [1.807, 2.05) is 6.92 Å². The summed E-state index contributed by atoms with van der Waals surface area (Å²) in [7, 11) is 0. The van der Waals surface area contributed by atoms with Gasteiger partial charge in [0.2, 0.25) is 0 Å². The van der Waals surface area contributed by atoms with Gasteiger partial charge in [0, 0.05) is 23.6 Å². The van der Waals surface area contributed by atoms with Crippen LogP contribution in [0.25, 0.3) is 11.0 Å². The Kier molecular flexibility index (Phi) is 4.97. The Hall–Kier alpha value is -2.83. The minimum Gasteiger partial charge on any atom is -0.548 e. The summed E-state index contributed by atoms with van der Waals surface area (Å²) in [6.45, 7) is 3.81. The molecule has 0 radical (unpaired) electrons. The quantitative estimate of drug-likeness (QED) is 0.733. The van der Waals surface area contributed by atoms with Gasteiger partial charge in [0.15, 0.2) is 6.61 Å². The van der Waals surface area contributed by atoms with Crippen molar-refractivity contribution >= 4 is 22.8 Å². The molecule has 0 saturated carbocycles. The van der Waals surface area contributed by atoms with E-state index < -0.39 is 23.5 Å². The van der Waals surface area contributed by atoms with E-state index in [-0.39, 0.29) is 6.61 Å². The van der Waals surface area contributed by atoms with Crippen LogP contribution in [0.5, 0.6) is 5.75 Å². The predicted molar refractivity (Wildman–Crippen MR) is 91.8 cm³/mol. The summed E-state index contributed by atoms with van der Waals surface area (Å²) in [6, 6.07) is 4.10. The molecule has 138 valence electrons. The first-order valence-corrected chi connectivity index (χ1v) is 8.61. The molecule has 0 unspecified atom stereocenters. The van der Waals surface area contributed by atoms with Gasteiger partial charge in [0.25, 0.3) is 5.91 Å². The number of nitrogens with zero attached hydrogens (tertiary/aromatic N) is 1. The highest BCUT2D eigenvalue weighted by Crippen LogP contribution is 2.29. The first-order chi connectivity index (χ1) is 12.4. The van der Waals surface area contributed by atoms with Gasteiger partial charge in [0.05, 0.1) is 12.0 Å². The maximum atomic E-state index is 12.3. The Morgan fingerprint density at radius 3 is 2.85 bits per heavy atom. The number of rotatable bonds is 5. The Bertz CT molecular complexity index is 916. The van der Waals surface area contributed by atoms with Crippen molar-refractivity contribution in [3.8, 4) is 5.75 Å². The van der Waals surface area contributed by atoms with Gasteiger partial charge >= 0.3 is 5.63 Å². The van der Waals surface area contributed by atoms with E-state index in [1.165, 1.54) is 11.0 Å². The fourth-order valence-corrected chi connectivity index (χ4v) is 3.39. The lowest BCUT2D eigenvalue weighted by molar-refractivity contribution is -0.310. The zero-order valence-corrected chi connectivity index (χ0v) is 14.7. The lowest BCUT2D eigenvalue weighted by atomic mass is 10.0. The van der Waals surface area contributed by atoms with Gasteiger partial charge in [-0.2, -0.15) is 0 Å².